The van der Waals surface area contributed by atoms with E-state index in [1.165, 1.54) is 11.3 Å². The molecule has 1 atom stereocenters. The number of benzene rings is 1. The fraction of sp³-hybridized carbons (Fsp3) is 0.238. The van der Waals surface area contributed by atoms with E-state index >= 15 is 0 Å². The number of anilines is 1. The largest absolute Gasteiger partial charge is 0.346 e. The Morgan fingerprint density at radius 2 is 1.89 bits per heavy atom. The number of carbonyl (C=O) groups excluding carboxylic acids is 2. The monoisotopic (exact) mass is 392 g/mol. The molecule has 142 valence electrons. The Morgan fingerprint density at radius 1 is 1.11 bits per heavy atom. The summed E-state index contributed by atoms with van der Waals surface area (Å²) < 4.78 is 0. The minimum absolute atomic E-state index is 0.0654. The van der Waals surface area contributed by atoms with Crippen molar-refractivity contribution < 1.29 is 9.59 Å². The van der Waals surface area contributed by atoms with E-state index in [0.717, 1.165) is 23.4 Å². The number of nitrogens with one attached hydrogen (secondary N) is 2. The molecule has 2 N–H and O–H groups in total. The van der Waals surface area contributed by atoms with Crippen LogP contribution in [0.15, 0.2) is 60.1 Å². The molecule has 1 aromatic carbocycles. The Labute approximate surface area is 167 Å². The number of hydrogen-bond donors (Lipinski definition) is 2. The number of amides is 2. The summed E-state index contributed by atoms with van der Waals surface area (Å²) in [6.45, 7) is 0. The molecule has 2 amide bonds. The van der Waals surface area contributed by atoms with Crippen molar-refractivity contribution in [3.63, 3.8) is 0 Å². The number of thiazole rings is 1. The molecule has 0 aliphatic heterocycles. The van der Waals surface area contributed by atoms with Crippen molar-refractivity contribution in [2.75, 3.05) is 5.32 Å². The van der Waals surface area contributed by atoms with Gasteiger partial charge in [-0.15, -0.1) is 11.3 Å². The standard InChI is InChI=1S/C21H20N4O2S/c26-19(15-9-10-15)23-16(12-14-6-2-1-3-7-14)21-24-17(13-28-21)20(27)25-18-8-4-5-11-22-18/h1-8,11,13,15-16H,9-10,12H2,(H,23,26)(H,22,25,27)/t16-/m0/s1. The van der Waals surface area contributed by atoms with E-state index in [9.17, 15) is 9.59 Å². The van der Waals surface area contributed by atoms with E-state index < -0.39 is 0 Å². The highest BCUT2D eigenvalue weighted by molar-refractivity contribution is 7.10. The summed E-state index contributed by atoms with van der Waals surface area (Å²) in [7, 11) is 0. The highest BCUT2D eigenvalue weighted by Crippen LogP contribution is 2.31. The van der Waals surface area contributed by atoms with Gasteiger partial charge in [0.25, 0.3) is 5.91 Å². The Bertz CT molecular complexity index is 955. The van der Waals surface area contributed by atoms with E-state index in [4.69, 9.17) is 0 Å². The molecule has 2 aromatic heterocycles. The van der Waals surface area contributed by atoms with Gasteiger partial charge in [0.05, 0.1) is 6.04 Å². The van der Waals surface area contributed by atoms with Gasteiger partial charge in [-0.3, -0.25) is 9.59 Å². The maximum atomic E-state index is 12.5. The van der Waals surface area contributed by atoms with Crippen LogP contribution in [0.4, 0.5) is 5.82 Å². The lowest BCUT2D eigenvalue weighted by atomic mass is 10.1. The maximum Gasteiger partial charge on any atom is 0.276 e. The Balaban J connectivity index is 1.50. The fourth-order valence-electron chi connectivity index (χ4n) is 2.85. The molecule has 7 heteroatoms. The molecule has 0 unspecified atom stereocenters. The van der Waals surface area contributed by atoms with Crippen LogP contribution in [0.3, 0.4) is 0 Å². The van der Waals surface area contributed by atoms with Crippen molar-refractivity contribution in [3.05, 3.63) is 76.4 Å². The van der Waals surface area contributed by atoms with Crippen LogP contribution in [0.25, 0.3) is 0 Å². The average molecular weight is 392 g/mol. The first-order chi connectivity index (χ1) is 13.7. The van der Waals surface area contributed by atoms with Gasteiger partial charge in [0.1, 0.15) is 16.5 Å². The summed E-state index contributed by atoms with van der Waals surface area (Å²) >= 11 is 1.38. The van der Waals surface area contributed by atoms with E-state index in [2.05, 4.69) is 20.6 Å². The molecule has 4 rings (SSSR count). The van der Waals surface area contributed by atoms with Crippen LogP contribution in [0.2, 0.25) is 0 Å². The lowest BCUT2D eigenvalue weighted by Crippen LogP contribution is -2.31. The van der Waals surface area contributed by atoms with Crippen LogP contribution < -0.4 is 10.6 Å². The fourth-order valence-corrected chi connectivity index (χ4v) is 3.70. The van der Waals surface area contributed by atoms with E-state index in [1.54, 1.807) is 29.8 Å². The number of aromatic nitrogens is 2. The molecule has 1 fully saturated rings. The predicted molar refractivity (Wildman–Crippen MR) is 108 cm³/mol. The Hall–Kier alpha value is -3.06. The van der Waals surface area contributed by atoms with Gasteiger partial charge in [-0.05, 0) is 37.0 Å². The zero-order valence-corrected chi connectivity index (χ0v) is 16.0. The summed E-state index contributed by atoms with van der Waals surface area (Å²) in [6.07, 6.45) is 4.14. The molecule has 0 bridgehead atoms. The second-order valence-corrected chi connectivity index (χ2v) is 7.65. The van der Waals surface area contributed by atoms with Gasteiger partial charge in [-0.2, -0.15) is 0 Å². The third kappa shape index (κ3) is 4.61. The molecule has 1 aliphatic rings. The molecular formula is C21H20N4O2S. The molecule has 1 aliphatic carbocycles. The van der Waals surface area contributed by atoms with Crippen molar-refractivity contribution >= 4 is 29.0 Å². The second-order valence-electron chi connectivity index (χ2n) is 6.77. The van der Waals surface area contributed by atoms with Gasteiger partial charge < -0.3 is 10.6 Å². The highest BCUT2D eigenvalue weighted by Gasteiger charge is 2.32. The normalized spacial score (nSPS) is 14.3. The van der Waals surface area contributed by atoms with Gasteiger partial charge in [-0.1, -0.05) is 36.4 Å². The number of pyridine rings is 1. The number of hydrogen-bond acceptors (Lipinski definition) is 5. The van der Waals surface area contributed by atoms with Crippen molar-refractivity contribution in [1.29, 1.82) is 0 Å². The molecule has 0 saturated heterocycles. The summed E-state index contributed by atoms with van der Waals surface area (Å²) in [5.74, 6) is 0.346. The van der Waals surface area contributed by atoms with Crippen LogP contribution in [0.1, 0.15) is 39.9 Å². The molecule has 3 aromatic rings. The Morgan fingerprint density at radius 3 is 2.61 bits per heavy atom. The highest BCUT2D eigenvalue weighted by atomic mass is 32.1. The predicted octanol–water partition coefficient (Wildman–Crippen LogP) is 3.60. The Kier molecular flexibility index (Phi) is 5.43. The SMILES string of the molecule is O=C(Nc1ccccn1)c1csc([C@H](Cc2ccccc2)NC(=O)C2CC2)n1. The van der Waals surface area contributed by atoms with E-state index in [1.807, 2.05) is 30.3 Å². The molecular weight excluding hydrogens is 372 g/mol. The first-order valence-electron chi connectivity index (χ1n) is 9.21. The van der Waals surface area contributed by atoms with Crippen molar-refractivity contribution in [2.24, 2.45) is 5.92 Å². The van der Waals surface area contributed by atoms with Crippen LogP contribution >= 0.6 is 11.3 Å². The minimum atomic E-state index is -0.312. The molecule has 0 spiro atoms. The van der Waals surface area contributed by atoms with Gasteiger partial charge in [0.2, 0.25) is 5.91 Å². The first kappa shape index (κ1) is 18.3. The third-order valence-corrected chi connectivity index (χ3v) is 5.46. The second kappa shape index (κ2) is 8.31. The van der Waals surface area contributed by atoms with E-state index in [-0.39, 0.29) is 23.8 Å². The quantitative estimate of drug-likeness (QED) is 0.643. The molecule has 6 nitrogen and oxygen atoms in total. The van der Waals surface area contributed by atoms with Crippen molar-refractivity contribution in [2.45, 2.75) is 25.3 Å². The lowest BCUT2D eigenvalue weighted by Gasteiger charge is -2.16. The summed E-state index contributed by atoms with van der Waals surface area (Å²) in [5.41, 5.74) is 1.43. The number of carbonyl (C=O) groups is 2. The first-order valence-corrected chi connectivity index (χ1v) is 10.1. The molecule has 1 saturated carbocycles. The summed E-state index contributed by atoms with van der Waals surface area (Å²) in [5, 5.41) is 8.29. The third-order valence-electron chi connectivity index (χ3n) is 4.51. The summed E-state index contributed by atoms with van der Waals surface area (Å²) in [4.78, 5) is 33.4. The lowest BCUT2D eigenvalue weighted by molar-refractivity contribution is -0.123. The van der Waals surface area contributed by atoms with E-state index in [0.29, 0.717) is 17.9 Å². The van der Waals surface area contributed by atoms with Crippen LogP contribution in [-0.4, -0.2) is 21.8 Å². The topological polar surface area (TPSA) is 84.0 Å². The molecule has 28 heavy (non-hydrogen) atoms. The van der Waals surface area contributed by atoms with Crippen LogP contribution in [-0.2, 0) is 11.2 Å². The van der Waals surface area contributed by atoms with Gasteiger partial charge in [0.15, 0.2) is 0 Å². The molecule has 0 radical (unpaired) electrons. The van der Waals surface area contributed by atoms with Crippen molar-refractivity contribution in [1.82, 2.24) is 15.3 Å². The van der Waals surface area contributed by atoms with Gasteiger partial charge in [0, 0.05) is 17.5 Å². The number of nitrogens with zero attached hydrogens (tertiary/aromatic N) is 2. The minimum Gasteiger partial charge on any atom is -0.346 e. The average Bonchev–Trinajstić information content (AvgIpc) is 3.45. The smallest absolute Gasteiger partial charge is 0.276 e. The van der Waals surface area contributed by atoms with Crippen LogP contribution in [0.5, 0.6) is 0 Å². The maximum absolute atomic E-state index is 12.5. The van der Waals surface area contributed by atoms with Gasteiger partial charge >= 0.3 is 0 Å². The van der Waals surface area contributed by atoms with Gasteiger partial charge in [-0.25, -0.2) is 9.97 Å². The zero-order chi connectivity index (χ0) is 19.3. The van der Waals surface area contributed by atoms with Crippen molar-refractivity contribution in [3.8, 4) is 0 Å². The number of rotatable bonds is 7. The van der Waals surface area contributed by atoms with Crippen LogP contribution in [0, 0.1) is 5.92 Å². The summed E-state index contributed by atoms with van der Waals surface area (Å²) in [6, 6.07) is 15.0. The molecule has 2 heterocycles. The zero-order valence-electron chi connectivity index (χ0n) is 15.2.